The number of aliphatic hydroxyl groups is 2. The fourth-order valence-electron chi connectivity index (χ4n) is 2.80. The lowest BCUT2D eigenvalue weighted by molar-refractivity contribution is -0.145. The summed E-state index contributed by atoms with van der Waals surface area (Å²) in [5.41, 5.74) is -1.60. The van der Waals surface area contributed by atoms with Crippen LogP contribution in [0.15, 0.2) is 0 Å². The second kappa shape index (κ2) is 6.20. The van der Waals surface area contributed by atoms with Gasteiger partial charge in [-0.05, 0) is 46.1 Å². The molecular weight excluding hydrogens is 246 g/mol. The van der Waals surface area contributed by atoms with Crippen molar-refractivity contribution in [2.24, 2.45) is 5.92 Å². The van der Waals surface area contributed by atoms with E-state index in [1.807, 2.05) is 11.8 Å². The van der Waals surface area contributed by atoms with E-state index < -0.39 is 17.2 Å². The first-order chi connectivity index (χ1) is 8.65. The molecule has 0 bridgehead atoms. The molecule has 0 spiro atoms. The van der Waals surface area contributed by atoms with E-state index in [0.29, 0.717) is 38.8 Å². The molecule has 0 radical (unpaired) electrons. The van der Waals surface area contributed by atoms with Crippen LogP contribution in [0.5, 0.6) is 0 Å². The van der Waals surface area contributed by atoms with Gasteiger partial charge in [-0.3, -0.25) is 9.69 Å². The van der Waals surface area contributed by atoms with Crippen LogP contribution >= 0.6 is 0 Å². The normalized spacial score (nSPS) is 28.6. The summed E-state index contributed by atoms with van der Waals surface area (Å²) in [6.07, 6.45) is 2.11. The van der Waals surface area contributed by atoms with E-state index in [9.17, 15) is 15.0 Å². The average molecular weight is 273 g/mol. The molecule has 1 fully saturated rings. The van der Waals surface area contributed by atoms with Gasteiger partial charge in [-0.2, -0.15) is 0 Å². The molecule has 0 heterocycles. The highest BCUT2D eigenvalue weighted by molar-refractivity contribution is 5.70. The number of likely N-dealkylation sites (N-methyl/N-ethyl adjacent to an activating group) is 1. The van der Waals surface area contributed by atoms with E-state index in [0.717, 1.165) is 6.54 Å². The fourth-order valence-corrected chi connectivity index (χ4v) is 2.80. The first-order valence-electron chi connectivity index (χ1n) is 7.05. The summed E-state index contributed by atoms with van der Waals surface area (Å²) in [6.45, 7) is 7.27. The van der Waals surface area contributed by atoms with E-state index in [2.05, 4.69) is 0 Å². The molecule has 5 heteroatoms. The van der Waals surface area contributed by atoms with Gasteiger partial charge in [0.15, 0.2) is 0 Å². The maximum atomic E-state index is 10.9. The maximum absolute atomic E-state index is 10.9. The highest BCUT2D eigenvalue weighted by atomic mass is 16.4. The van der Waals surface area contributed by atoms with E-state index >= 15 is 0 Å². The van der Waals surface area contributed by atoms with Gasteiger partial charge in [-0.25, -0.2) is 0 Å². The largest absolute Gasteiger partial charge is 0.481 e. The van der Waals surface area contributed by atoms with Crippen molar-refractivity contribution in [1.82, 2.24) is 4.90 Å². The van der Waals surface area contributed by atoms with Crippen LogP contribution in [-0.2, 0) is 4.79 Å². The second-order valence-electron chi connectivity index (χ2n) is 6.45. The molecule has 0 aromatic rings. The van der Waals surface area contributed by atoms with Crippen molar-refractivity contribution in [3.8, 4) is 0 Å². The number of aliphatic carboxylic acids is 1. The monoisotopic (exact) mass is 273 g/mol. The van der Waals surface area contributed by atoms with Gasteiger partial charge in [-0.1, -0.05) is 6.92 Å². The van der Waals surface area contributed by atoms with Gasteiger partial charge in [0.2, 0.25) is 0 Å². The van der Waals surface area contributed by atoms with Crippen LogP contribution in [0.25, 0.3) is 0 Å². The molecule has 1 aliphatic carbocycles. The number of hydrogen-bond acceptors (Lipinski definition) is 4. The van der Waals surface area contributed by atoms with Crippen LogP contribution in [-0.4, -0.2) is 57.0 Å². The molecule has 5 nitrogen and oxygen atoms in total. The molecule has 112 valence electrons. The van der Waals surface area contributed by atoms with Crippen LogP contribution in [0.2, 0.25) is 0 Å². The van der Waals surface area contributed by atoms with Gasteiger partial charge in [0.05, 0.1) is 17.1 Å². The number of nitrogens with zero attached hydrogens (tertiary/aromatic N) is 1. The Balaban J connectivity index is 2.53. The third kappa shape index (κ3) is 5.47. The fraction of sp³-hybridized carbons (Fsp3) is 0.929. The van der Waals surface area contributed by atoms with Gasteiger partial charge >= 0.3 is 5.97 Å². The summed E-state index contributed by atoms with van der Waals surface area (Å²) < 4.78 is 0. The van der Waals surface area contributed by atoms with Crippen molar-refractivity contribution >= 4 is 5.97 Å². The zero-order valence-corrected chi connectivity index (χ0v) is 12.2. The molecule has 0 aromatic heterocycles. The topological polar surface area (TPSA) is 81.0 Å². The summed E-state index contributed by atoms with van der Waals surface area (Å²) in [5.74, 6) is -1.07. The predicted molar refractivity (Wildman–Crippen MR) is 73.0 cm³/mol. The van der Waals surface area contributed by atoms with E-state index in [1.165, 1.54) is 0 Å². The van der Waals surface area contributed by atoms with Crippen LogP contribution < -0.4 is 0 Å². The number of carboxylic acid groups (broad SMARTS) is 1. The van der Waals surface area contributed by atoms with Crippen LogP contribution in [0.3, 0.4) is 0 Å². The SMILES string of the molecule is CCN(CC(C)(C)O)CC1(O)CCC(C(=O)O)CC1. The zero-order chi connectivity index (χ0) is 14.7. The lowest BCUT2D eigenvalue weighted by atomic mass is 9.78. The summed E-state index contributed by atoms with van der Waals surface area (Å²) in [6, 6.07) is 0. The summed E-state index contributed by atoms with van der Waals surface area (Å²) in [5, 5.41) is 29.4. The minimum Gasteiger partial charge on any atom is -0.481 e. The Hall–Kier alpha value is -0.650. The predicted octanol–water partition coefficient (Wildman–Crippen LogP) is 1.09. The van der Waals surface area contributed by atoms with E-state index in [-0.39, 0.29) is 5.92 Å². The molecule has 0 unspecified atom stereocenters. The molecular formula is C14H27NO4. The zero-order valence-electron chi connectivity index (χ0n) is 12.2. The van der Waals surface area contributed by atoms with Crippen molar-refractivity contribution in [2.45, 2.75) is 57.7 Å². The Kier molecular flexibility index (Phi) is 5.35. The van der Waals surface area contributed by atoms with Gasteiger partial charge in [0, 0.05) is 13.1 Å². The highest BCUT2D eigenvalue weighted by Crippen LogP contribution is 2.33. The second-order valence-corrected chi connectivity index (χ2v) is 6.45. The molecule has 0 aromatic carbocycles. The molecule has 1 rings (SSSR count). The minimum atomic E-state index is -0.812. The Morgan fingerprint density at radius 2 is 1.89 bits per heavy atom. The van der Waals surface area contributed by atoms with Crippen LogP contribution in [0, 0.1) is 5.92 Å². The maximum Gasteiger partial charge on any atom is 0.306 e. The standard InChI is InChI=1S/C14H27NO4/c1-4-15(9-13(2,3)18)10-14(19)7-5-11(6-8-14)12(16)17/h11,18-19H,4-10H2,1-3H3,(H,16,17). The summed E-state index contributed by atoms with van der Waals surface area (Å²) in [4.78, 5) is 12.9. The van der Waals surface area contributed by atoms with Gasteiger partial charge in [0.25, 0.3) is 0 Å². The molecule has 1 aliphatic rings. The third-order valence-corrected chi connectivity index (χ3v) is 3.84. The van der Waals surface area contributed by atoms with Gasteiger partial charge in [-0.15, -0.1) is 0 Å². The molecule has 0 saturated heterocycles. The van der Waals surface area contributed by atoms with E-state index in [1.54, 1.807) is 13.8 Å². The van der Waals surface area contributed by atoms with Gasteiger partial charge < -0.3 is 15.3 Å². The lowest BCUT2D eigenvalue weighted by Gasteiger charge is -2.39. The van der Waals surface area contributed by atoms with Crippen molar-refractivity contribution in [3.63, 3.8) is 0 Å². The quantitative estimate of drug-likeness (QED) is 0.675. The smallest absolute Gasteiger partial charge is 0.306 e. The molecule has 0 atom stereocenters. The molecule has 1 saturated carbocycles. The van der Waals surface area contributed by atoms with Crippen molar-refractivity contribution < 1.29 is 20.1 Å². The third-order valence-electron chi connectivity index (χ3n) is 3.84. The Bertz CT molecular complexity index is 303. The van der Waals surface area contributed by atoms with E-state index in [4.69, 9.17) is 5.11 Å². The number of rotatable bonds is 6. The van der Waals surface area contributed by atoms with Crippen LogP contribution in [0.4, 0.5) is 0 Å². The highest BCUT2D eigenvalue weighted by Gasteiger charge is 2.37. The number of carboxylic acids is 1. The Morgan fingerprint density at radius 3 is 2.26 bits per heavy atom. The molecule has 19 heavy (non-hydrogen) atoms. The number of hydrogen-bond donors (Lipinski definition) is 3. The summed E-state index contributed by atoms with van der Waals surface area (Å²) >= 11 is 0. The van der Waals surface area contributed by atoms with Crippen molar-refractivity contribution in [1.29, 1.82) is 0 Å². The molecule has 0 aliphatic heterocycles. The molecule has 3 N–H and O–H groups in total. The summed E-state index contributed by atoms with van der Waals surface area (Å²) in [7, 11) is 0. The average Bonchev–Trinajstić information content (AvgIpc) is 2.26. The Morgan fingerprint density at radius 1 is 1.37 bits per heavy atom. The van der Waals surface area contributed by atoms with Gasteiger partial charge in [0.1, 0.15) is 0 Å². The molecule has 0 amide bonds. The van der Waals surface area contributed by atoms with Crippen molar-refractivity contribution in [2.75, 3.05) is 19.6 Å². The first-order valence-corrected chi connectivity index (χ1v) is 7.05. The van der Waals surface area contributed by atoms with Crippen LogP contribution in [0.1, 0.15) is 46.5 Å². The number of carbonyl (C=O) groups is 1. The first kappa shape index (κ1) is 16.4. The minimum absolute atomic E-state index is 0.315. The Labute approximate surface area is 115 Å². The van der Waals surface area contributed by atoms with Crippen molar-refractivity contribution in [3.05, 3.63) is 0 Å². The lowest BCUT2D eigenvalue weighted by Crippen LogP contribution is -2.49.